The molecule has 0 aromatic carbocycles. The highest BCUT2D eigenvalue weighted by Crippen LogP contribution is 2.24. The van der Waals surface area contributed by atoms with Gasteiger partial charge >= 0.3 is 0 Å². The van der Waals surface area contributed by atoms with Crippen molar-refractivity contribution in [3.05, 3.63) is 23.4 Å². The lowest BCUT2D eigenvalue weighted by molar-refractivity contribution is 0.714. The molecule has 0 fully saturated rings. The summed E-state index contributed by atoms with van der Waals surface area (Å²) in [6, 6.07) is 0. The van der Waals surface area contributed by atoms with Gasteiger partial charge in [0, 0.05) is 11.6 Å². The summed E-state index contributed by atoms with van der Waals surface area (Å²) in [6.07, 6.45) is 6.65. The lowest BCUT2D eigenvalue weighted by Crippen LogP contribution is -2.35. The smallest absolute Gasteiger partial charge is 0.108 e. The largest absolute Gasteiger partial charge is 0.347 e. The second kappa shape index (κ2) is 3.36. The molecule has 1 unspecified atom stereocenters. The van der Waals surface area contributed by atoms with Crippen molar-refractivity contribution in [2.24, 2.45) is 10.9 Å². The van der Waals surface area contributed by atoms with E-state index in [1.807, 2.05) is 0 Å². The van der Waals surface area contributed by atoms with Crippen molar-refractivity contribution in [2.45, 2.75) is 26.7 Å². The summed E-state index contributed by atoms with van der Waals surface area (Å²) in [5.41, 5.74) is 2.85. The Bertz CT molecular complexity index is 297. The molecule has 0 bridgehead atoms. The molecule has 1 N–H and O–H groups in total. The van der Waals surface area contributed by atoms with E-state index in [0.29, 0.717) is 5.92 Å². The summed E-state index contributed by atoms with van der Waals surface area (Å²) in [5.74, 6) is 1.69. The van der Waals surface area contributed by atoms with Gasteiger partial charge in [0.1, 0.15) is 5.84 Å². The van der Waals surface area contributed by atoms with Crippen LogP contribution in [0.4, 0.5) is 0 Å². The second-order valence-electron chi connectivity index (χ2n) is 3.70. The van der Waals surface area contributed by atoms with Crippen molar-refractivity contribution >= 4 is 5.84 Å². The highest BCUT2D eigenvalue weighted by atomic mass is 15.0. The molecule has 2 rings (SSSR count). The van der Waals surface area contributed by atoms with Gasteiger partial charge in [-0.1, -0.05) is 24.6 Å². The quantitative estimate of drug-likeness (QED) is 0.609. The topological polar surface area (TPSA) is 24.4 Å². The summed E-state index contributed by atoms with van der Waals surface area (Å²) in [7, 11) is 0. The highest BCUT2D eigenvalue weighted by Gasteiger charge is 2.22. The van der Waals surface area contributed by atoms with Crippen LogP contribution in [0.5, 0.6) is 0 Å². The first-order valence-electron chi connectivity index (χ1n) is 4.98. The van der Waals surface area contributed by atoms with E-state index in [9.17, 15) is 0 Å². The maximum Gasteiger partial charge on any atom is 0.108 e. The molecule has 2 aliphatic heterocycles. The number of aliphatic imine (C=N–C) groups is 1. The van der Waals surface area contributed by atoms with Gasteiger partial charge in [-0.3, -0.25) is 4.99 Å². The fourth-order valence-corrected chi connectivity index (χ4v) is 1.99. The van der Waals surface area contributed by atoms with Gasteiger partial charge in [0.15, 0.2) is 0 Å². The molecule has 2 heteroatoms. The molecule has 0 aromatic heterocycles. The molecular weight excluding hydrogens is 160 g/mol. The van der Waals surface area contributed by atoms with E-state index in [1.165, 1.54) is 17.1 Å². The molecule has 0 saturated carbocycles. The van der Waals surface area contributed by atoms with Crippen LogP contribution in [-0.2, 0) is 0 Å². The predicted molar refractivity (Wildman–Crippen MR) is 55.7 cm³/mol. The monoisotopic (exact) mass is 176 g/mol. The number of hydrogen-bond acceptors (Lipinski definition) is 2. The van der Waals surface area contributed by atoms with Crippen LogP contribution in [0.2, 0.25) is 0 Å². The van der Waals surface area contributed by atoms with Gasteiger partial charge in [-0.25, -0.2) is 0 Å². The Labute approximate surface area is 79.4 Å². The minimum Gasteiger partial charge on any atom is -0.347 e. The number of fused-ring (bicyclic) bond motifs is 1. The average Bonchev–Trinajstić information content (AvgIpc) is 2.17. The van der Waals surface area contributed by atoms with Crippen molar-refractivity contribution in [1.29, 1.82) is 0 Å². The Morgan fingerprint density at radius 3 is 3.23 bits per heavy atom. The number of amidine groups is 1. The molecule has 0 radical (unpaired) electrons. The van der Waals surface area contributed by atoms with E-state index in [2.05, 4.69) is 36.3 Å². The molecule has 1 atom stereocenters. The highest BCUT2D eigenvalue weighted by molar-refractivity contribution is 5.89. The van der Waals surface area contributed by atoms with Crippen LogP contribution in [0, 0.1) is 5.92 Å². The van der Waals surface area contributed by atoms with Gasteiger partial charge in [-0.2, -0.15) is 0 Å². The van der Waals surface area contributed by atoms with Crippen molar-refractivity contribution < 1.29 is 0 Å². The van der Waals surface area contributed by atoms with Crippen LogP contribution < -0.4 is 5.32 Å². The Morgan fingerprint density at radius 1 is 1.62 bits per heavy atom. The maximum atomic E-state index is 4.47. The van der Waals surface area contributed by atoms with Crippen molar-refractivity contribution in [1.82, 2.24) is 5.32 Å². The normalized spacial score (nSPS) is 26.6. The molecule has 0 aliphatic carbocycles. The van der Waals surface area contributed by atoms with E-state index < -0.39 is 0 Å². The van der Waals surface area contributed by atoms with Crippen molar-refractivity contribution in [2.75, 3.05) is 6.54 Å². The number of hydrogen-bond donors (Lipinski definition) is 1. The Kier molecular flexibility index (Phi) is 2.21. The van der Waals surface area contributed by atoms with Gasteiger partial charge in [0.25, 0.3) is 0 Å². The first kappa shape index (κ1) is 8.54. The number of nitrogens with zero attached hydrogens (tertiary/aromatic N) is 1. The van der Waals surface area contributed by atoms with Crippen LogP contribution >= 0.6 is 0 Å². The first-order chi connectivity index (χ1) is 6.31. The fourth-order valence-electron chi connectivity index (χ4n) is 1.99. The van der Waals surface area contributed by atoms with Gasteiger partial charge < -0.3 is 5.32 Å². The molecule has 13 heavy (non-hydrogen) atoms. The third kappa shape index (κ3) is 1.53. The Morgan fingerprint density at radius 2 is 2.46 bits per heavy atom. The third-order valence-electron chi connectivity index (χ3n) is 2.76. The maximum absolute atomic E-state index is 4.47. The predicted octanol–water partition coefficient (Wildman–Crippen LogP) is 2.25. The van der Waals surface area contributed by atoms with Gasteiger partial charge in [0.2, 0.25) is 0 Å². The molecule has 0 aromatic rings. The Balaban J connectivity index is 2.24. The van der Waals surface area contributed by atoms with Crippen LogP contribution in [0.25, 0.3) is 0 Å². The summed E-state index contributed by atoms with van der Waals surface area (Å²) in [6.45, 7) is 5.24. The minimum atomic E-state index is 0.518. The van der Waals surface area contributed by atoms with Crippen LogP contribution in [0.15, 0.2) is 28.4 Å². The van der Waals surface area contributed by atoms with E-state index in [4.69, 9.17) is 0 Å². The van der Waals surface area contributed by atoms with Gasteiger partial charge in [-0.05, 0) is 19.8 Å². The molecular formula is C11H16N2. The van der Waals surface area contributed by atoms with Gasteiger partial charge in [0.05, 0.1) is 6.54 Å². The molecule has 0 saturated heterocycles. The SMILES string of the molecule is CCC1=C(C)CC2C=CCN=C2N1. The van der Waals surface area contributed by atoms with E-state index >= 15 is 0 Å². The summed E-state index contributed by atoms with van der Waals surface area (Å²) in [4.78, 5) is 4.47. The fraction of sp³-hybridized carbons (Fsp3) is 0.545. The van der Waals surface area contributed by atoms with Crippen LogP contribution in [0.1, 0.15) is 26.7 Å². The minimum absolute atomic E-state index is 0.518. The van der Waals surface area contributed by atoms with Gasteiger partial charge in [-0.15, -0.1) is 0 Å². The van der Waals surface area contributed by atoms with Crippen LogP contribution in [-0.4, -0.2) is 12.4 Å². The van der Waals surface area contributed by atoms with Crippen molar-refractivity contribution in [3.63, 3.8) is 0 Å². The number of dihydropyridines is 1. The van der Waals surface area contributed by atoms with E-state index in [1.54, 1.807) is 0 Å². The average molecular weight is 176 g/mol. The molecule has 0 spiro atoms. The number of allylic oxidation sites excluding steroid dienone is 2. The van der Waals surface area contributed by atoms with Crippen molar-refractivity contribution in [3.8, 4) is 0 Å². The lowest BCUT2D eigenvalue weighted by Gasteiger charge is -2.28. The summed E-state index contributed by atoms with van der Waals surface area (Å²) in [5, 5.41) is 3.43. The number of rotatable bonds is 1. The lowest BCUT2D eigenvalue weighted by atomic mass is 9.91. The molecule has 70 valence electrons. The third-order valence-corrected chi connectivity index (χ3v) is 2.76. The zero-order chi connectivity index (χ0) is 9.26. The number of nitrogens with one attached hydrogen (secondary N) is 1. The molecule has 0 amide bonds. The molecule has 2 nitrogen and oxygen atoms in total. The zero-order valence-corrected chi connectivity index (χ0v) is 8.30. The van der Waals surface area contributed by atoms with E-state index in [0.717, 1.165) is 19.4 Å². The molecule has 2 heterocycles. The Hall–Kier alpha value is -1.05. The van der Waals surface area contributed by atoms with E-state index in [-0.39, 0.29) is 0 Å². The molecule has 2 aliphatic rings. The van der Waals surface area contributed by atoms with Crippen LogP contribution in [0.3, 0.4) is 0 Å². The second-order valence-corrected chi connectivity index (χ2v) is 3.70. The first-order valence-corrected chi connectivity index (χ1v) is 4.98. The zero-order valence-electron chi connectivity index (χ0n) is 8.30. The summed E-state index contributed by atoms with van der Waals surface area (Å²) < 4.78 is 0. The summed E-state index contributed by atoms with van der Waals surface area (Å²) >= 11 is 0. The standard InChI is InChI=1S/C11H16N2/c1-3-10-8(2)7-9-5-4-6-12-11(9)13-10/h4-5,9H,3,6-7H2,1-2H3,(H,12,13).